The smallest absolute Gasteiger partial charge is 0.310 e. The van der Waals surface area contributed by atoms with E-state index in [1.54, 1.807) is 42.5 Å². The van der Waals surface area contributed by atoms with Crippen molar-refractivity contribution in [3.05, 3.63) is 58.6 Å². The molecule has 1 amide bonds. The molecule has 0 spiro atoms. The highest BCUT2D eigenvalue weighted by Gasteiger charge is 2.14. The van der Waals surface area contributed by atoms with Gasteiger partial charge in [0.25, 0.3) is 5.91 Å². The molecule has 29 heavy (non-hydrogen) atoms. The first-order valence-electron chi connectivity index (χ1n) is 8.87. The van der Waals surface area contributed by atoms with E-state index in [4.69, 9.17) is 25.8 Å². The lowest BCUT2D eigenvalue weighted by molar-refractivity contribution is -0.147. The van der Waals surface area contributed by atoms with Crippen LogP contribution in [0, 0.1) is 0 Å². The summed E-state index contributed by atoms with van der Waals surface area (Å²) < 4.78 is 15.6. The van der Waals surface area contributed by atoms with E-state index in [0.717, 1.165) is 0 Å². The lowest BCUT2D eigenvalue weighted by atomic mass is 10.0. The Morgan fingerprint density at radius 2 is 1.79 bits per heavy atom. The van der Waals surface area contributed by atoms with E-state index < -0.39 is 18.5 Å². The molecular formula is C21H22ClNO6. The Morgan fingerprint density at radius 3 is 2.45 bits per heavy atom. The summed E-state index contributed by atoms with van der Waals surface area (Å²) in [6, 6.07) is 11.7. The number of halogens is 1. The molecule has 0 heterocycles. The Hall–Kier alpha value is -3.06. The van der Waals surface area contributed by atoms with Crippen LogP contribution in [-0.4, -0.2) is 44.5 Å². The SMILES string of the molecule is COc1ccc(C(C)=O)cc1CC(=O)OCC(=O)NCCOc1ccc(Cl)cc1. The van der Waals surface area contributed by atoms with Crippen LogP contribution < -0.4 is 14.8 Å². The van der Waals surface area contributed by atoms with Gasteiger partial charge < -0.3 is 19.5 Å². The first-order chi connectivity index (χ1) is 13.9. The molecule has 0 radical (unpaired) electrons. The minimum absolute atomic E-state index is 0.114. The third-order valence-electron chi connectivity index (χ3n) is 3.89. The van der Waals surface area contributed by atoms with Gasteiger partial charge in [0.05, 0.1) is 20.1 Å². The number of hydrogen-bond donors (Lipinski definition) is 1. The Bertz CT molecular complexity index is 866. The summed E-state index contributed by atoms with van der Waals surface area (Å²) >= 11 is 5.79. The number of ether oxygens (including phenoxy) is 3. The lowest BCUT2D eigenvalue weighted by Crippen LogP contribution is -2.32. The predicted octanol–water partition coefficient (Wildman–Crippen LogP) is 2.83. The first-order valence-corrected chi connectivity index (χ1v) is 9.25. The number of Topliss-reactive ketones (excluding diaryl/α,β-unsaturated/α-hetero) is 1. The lowest BCUT2D eigenvalue weighted by Gasteiger charge is -2.10. The molecule has 7 nitrogen and oxygen atoms in total. The topological polar surface area (TPSA) is 90.9 Å². The monoisotopic (exact) mass is 419 g/mol. The van der Waals surface area contributed by atoms with Crippen LogP contribution >= 0.6 is 11.6 Å². The van der Waals surface area contributed by atoms with E-state index in [1.807, 2.05) is 0 Å². The van der Waals surface area contributed by atoms with Crippen molar-refractivity contribution < 1.29 is 28.6 Å². The summed E-state index contributed by atoms with van der Waals surface area (Å²) in [5.74, 6) is -0.0610. The molecule has 0 saturated heterocycles. The molecule has 2 rings (SSSR count). The van der Waals surface area contributed by atoms with Gasteiger partial charge >= 0.3 is 5.97 Å². The molecule has 0 saturated carbocycles. The number of benzene rings is 2. The minimum atomic E-state index is -0.600. The number of carbonyl (C=O) groups is 3. The summed E-state index contributed by atoms with van der Waals surface area (Å²) in [4.78, 5) is 35.3. The zero-order valence-electron chi connectivity index (χ0n) is 16.2. The van der Waals surface area contributed by atoms with Crippen LogP contribution in [0.4, 0.5) is 0 Å². The van der Waals surface area contributed by atoms with Gasteiger partial charge in [0.1, 0.15) is 18.1 Å². The third-order valence-corrected chi connectivity index (χ3v) is 4.14. The van der Waals surface area contributed by atoms with Crippen LogP contribution in [0.3, 0.4) is 0 Å². The van der Waals surface area contributed by atoms with Crippen molar-refractivity contribution in [1.82, 2.24) is 5.32 Å². The molecule has 1 N–H and O–H groups in total. The van der Waals surface area contributed by atoms with Crippen molar-refractivity contribution in [2.45, 2.75) is 13.3 Å². The van der Waals surface area contributed by atoms with Crippen molar-refractivity contribution >= 4 is 29.3 Å². The number of ketones is 1. The van der Waals surface area contributed by atoms with E-state index in [-0.39, 0.29) is 25.4 Å². The molecular weight excluding hydrogens is 398 g/mol. The van der Waals surface area contributed by atoms with Gasteiger partial charge in [0.2, 0.25) is 0 Å². The first kappa shape index (κ1) is 22.2. The number of rotatable bonds is 10. The third kappa shape index (κ3) is 7.46. The molecule has 8 heteroatoms. The predicted molar refractivity (Wildman–Crippen MR) is 108 cm³/mol. The zero-order chi connectivity index (χ0) is 21.2. The molecule has 2 aromatic rings. The Balaban J connectivity index is 1.73. The average molecular weight is 420 g/mol. The maximum atomic E-state index is 12.0. The van der Waals surface area contributed by atoms with Crippen LogP contribution in [-0.2, 0) is 20.7 Å². The Kier molecular flexibility index (Phi) is 8.48. The molecule has 0 fully saturated rings. The second-order valence-corrected chi connectivity index (χ2v) is 6.51. The number of carbonyl (C=O) groups excluding carboxylic acids is 3. The van der Waals surface area contributed by atoms with Gasteiger partial charge in [-0.1, -0.05) is 11.6 Å². The number of amides is 1. The maximum Gasteiger partial charge on any atom is 0.310 e. The average Bonchev–Trinajstić information content (AvgIpc) is 2.71. The highest BCUT2D eigenvalue weighted by atomic mass is 35.5. The van der Waals surface area contributed by atoms with Crippen LogP contribution in [0.1, 0.15) is 22.8 Å². The fraction of sp³-hybridized carbons (Fsp3) is 0.286. The van der Waals surface area contributed by atoms with E-state index in [0.29, 0.717) is 27.6 Å². The second-order valence-electron chi connectivity index (χ2n) is 6.07. The van der Waals surface area contributed by atoms with Crippen molar-refractivity contribution in [3.63, 3.8) is 0 Å². The van der Waals surface area contributed by atoms with E-state index in [1.165, 1.54) is 14.0 Å². The highest BCUT2D eigenvalue weighted by molar-refractivity contribution is 6.30. The number of esters is 1. The summed E-state index contributed by atoms with van der Waals surface area (Å²) in [6.45, 7) is 1.54. The molecule has 0 atom stereocenters. The van der Waals surface area contributed by atoms with Gasteiger partial charge in [0, 0.05) is 16.1 Å². The fourth-order valence-corrected chi connectivity index (χ4v) is 2.56. The van der Waals surface area contributed by atoms with Crippen LogP contribution in [0.2, 0.25) is 5.02 Å². The van der Waals surface area contributed by atoms with Gasteiger partial charge in [-0.25, -0.2) is 0 Å². The van der Waals surface area contributed by atoms with Crippen molar-refractivity contribution in [1.29, 1.82) is 0 Å². The second kappa shape index (κ2) is 11.1. The van der Waals surface area contributed by atoms with Crippen LogP contribution in [0.25, 0.3) is 0 Å². The molecule has 0 unspecified atom stereocenters. The minimum Gasteiger partial charge on any atom is -0.496 e. The van der Waals surface area contributed by atoms with E-state index >= 15 is 0 Å². The zero-order valence-corrected chi connectivity index (χ0v) is 17.0. The number of hydrogen-bond acceptors (Lipinski definition) is 6. The highest BCUT2D eigenvalue weighted by Crippen LogP contribution is 2.21. The summed E-state index contributed by atoms with van der Waals surface area (Å²) in [5.41, 5.74) is 0.981. The van der Waals surface area contributed by atoms with Crippen LogP contribution in [0.15, 0.2) is 42.5 Å². The van der Waals surface area contributed by atoms with Crippen LogP contribution in [0.5, 0.6) is 11.5 Å². The van der Waals surface area contributed by atoms with Gasteiger partial charge in [-0.05, 0) is 49.4 Å². The normalized spacial score (nSPS) is 10.2. The molecule has 0 aromatic heterocycles. The van der Waals surface area contributed by atoms with Crippen molar-refractivity contribution in [3.8, 4) is 11.5 Å². The number of nitrogens with one attached hydrogen (secondary N) is 1. The fourth-order valence-electron chi connectivity index (χ4n) is 2.43. The standard InChI is InChI=1S/C21H22ClNO6/c1-14(24)15-3-8-19(27-2)16(11-15)12-21(26)29-13-20(25)23-9-10-28-18-6-4-17(22)5-7-18/h3-8,11H,9-10,12-13H2,1-2H3,(H,23,25). The quantitative estimate of drug-likeness (QED) is 0.362. The van der Waals surface area contributed by atoms with Gasteiger partial charge in [-0.2, -0.15) is 0 Å². The molecule has 2 aromatic carbocycles. The molecule has 0 aliphatic heterocycles. The summed E-state index contributed by atoms with van der Waals surface area (Å²) in [5, 5.41) is 3.20. The molecule has 0 bridgehead atoms. The van der Waals surface area contributed by atoms with E-state index in [9.17, 15) is 14.4 Å². The molecule has 154 valence electrons. The van der Waals surface area contributed by atoms with Gasteiger partial charge in [0.15, 0.2) is 12.4 Å². The summed E-state index contributed by atoms with van der Waals surface area (Å²) in [7, 11) is 1.47. The van der Waals surface area contributed by atoms with Crippen molar-refractivity contribution in [2.75, 3.05) is 26.9 Å². The summed E-state index contributed by atoms with van der Waals surface area (Å²) in [6.07, 6.45) is -0.114. The Morgan fingerprint density at radius 1 is 1.07 bits per heavy atom. The maximum absolute atomic E-state index is 12.0. The largest absolute Gasteiger partial charge is 0.496 e. The van der Waals surface area contributed by atoms with Crippen molar-refractivity contribution in [2.24, 2.45) is 0 Å². The molecule has 0 aliphatic rings. The number of methoxy groups -OCH3 is 1. The van der Waals surface area contributed by atoms with Gasteiger partial charge in [-0.3, -0.25) is 14.4 Å². The Labute approximate surface area is 173 Å². The van der Waals surface area contributed by atoms with Gasteiger partial charge in [-0.15, -0.1) is 0 Å². The van der Waals surface area contributed by atoms with E-state index in [2.05, 4.69) is 5.32 Å². The molecule has 0 aliphatic carbocycles.